The molecule has 1 aromatic rings. The highest BCUT2D eigenvalue weighted by molar-refractivity contribution is 5.27. The van der Waals surface area contributed by atoms with Crippen molar-refractivity contribution in [2.45, 2.75) is 44.9 Å². The zero-order chi connectivity index (χ0) is 14.5. The highest BCUT2D eigenvalue weighted by Crippen LogP contribution is 2.30. The molecular weight excluding hydrogens is 255 g/mol. The van der Waals surface area contributed by atoms with Crippen LogP contribution in [0.5, 0.6) is 0 Å². The summed E-state index contributed by atoms with van der Waals surface area (Å²) in [6, 6.07) is 5.26. The van der Waals surface area contributed by atoms with Crippen molar-refractivity contribution in [1.29, 1.82) is 0 Å². The first-order valence-corrected chi connectivity index (χ1v) is 6.42. The first-order chi connectivity index (χ1) is 8.88. The van der Waals surface area contributed by atoms with Gasteiger partial charge in [-0.2, -0.15) is 13.2 Å². The first-order valence-electron chi connectivity index (χ1n) is 6.42. The minimum absolute atomic E-state index is 0.0703. The zero-order valence-electron chi connectivity index (χ0n) is 11.2. The Morgan fingerprint density at radius 1 is 1.32 bits per heavy atom. The topological polar surface area (TPSA) is 32.3 Å². The number of benzene rings is 1. The van der Waals surface area contributed by atoms with Gasteiger partial charge in [-0.15, -0.1) is 0 Å². The van der Waals surface area contributed by atoms with E-state index in [1.165, 1.54) is 12.1 Å². The molecule has 0 amide bonds. The minimum atomic E-state index is -4.31. The fourth-order valence-corrected chi connectivity index (χ4v) is 2.00. The van der Waals surface area contributed by atoms with Crippen molar-refractivity contribution in [3.63, 3.8) is 0 Å². The summed E-state index contributed by atoms with van der Waals surface area (Å²) in [5.41, 5.74) is -0.0277. The molecule has 0 saturated heterocycles. The van der Waals surface area contributed by atoms with Gasteiger partial charge in [0.25, 0.3) is 0 Å². The van der Waals surface area contributed by atoms with Gasteiger partial charge in [0, 0.05) is 18.7 Å². The molecule has 19 heavy (non-hydrogen) atoms. The van der Waals surface area contributed by atoms with Crippen molar-refractivity contribution in [1.82, 2.24) is 5.32 Å². The SMILES string of the molecule is CCC(CCO)NC(C)c1cccc(C(F)(F)F)c1. The Labute approximate surface area is 111 Å². The number of rotatable bonds is 6. The monoisotopic (exact) mass is 275 g/mol. The Kier molecular flexibility index (Phi) is 5.82. The second-order valence-electron chi connectivity index (χ2n) is 4.63. The van der Waals surface area contributed by atoms with Crippen LogP contribution in [0.3, 0.4) is 0 Å². The van der Waals surface area contributed by atoms with Gasteiger partial charge in [-0.05, 0) is 37.5 Å². The van der Waals surface area contributed by atoms with Gasteiger partial charge in [0.2, 0.25) is 0 Å². The van der Waals surface area contributed by atoms with Crippen LogP contribution < -0.4 is 5.32 Å². The quantitative estimate of drug-likeness (QED) is 0.832. The van der Waals surface area contributed by atoms with Crippen LogP contribution >= 0.6 is 0 Å². The molecule has 5 heteroatoms. The average molecular weight is 275 g/mol. The van der Waals surface area contributed by atoms with Crippen LogP contribution in [0.1, 0.15) is 43.9 Å². The summed E-state index contributed by atoms with van der Waals surface area (Å²) in [6.07, 6.45) is -2.89. The van der Waals surface area contributed by atoms with E-state index in [1.807, 2.05) is 13.8 Å². The predicted molar refractivity (Wildman–Crippen MR) is 68.8 cm³/mol. The molecule has 1 aromatic carbocycles. The van der Waals surface area contributed by atoms with Gasteiger partial charge in [0.1, 0.15) is 0 Å². The third-order valence-corrected chi connectivity index (χ3v) is 3.17. The maximum Gasteiger partial charge on any atom is 0.416 e. The number of hydrogen-bond acceptors (Lipinski definition) is 2. The van der Waals surface area contributed by atoms with Gasteiger partial charge in [-0.1, -0.05) is 19.1 Å². The number of hydrogen-bond donors (Lipinski definition) is 2. The lowest BCUT2D eigenvalue weighted by atomic mass is 10.0. The summed E-state index contributed by atoms with van der Waals surface area (Å²) < 4.78 is 37.9. The molecule has 0 saturated carbocycles. The van der Waals surface area contributed by atoms with Crippen molar-refractivity contribution >= 4 is 0 Å². The number of aliphatic hydroxyl groups excluding tert-OH is 1. The largest absolute Gasteiger partial charge is 0.416 e. The van der Waals surface area contributed by atoms with Crippen LogP contribution in [-0.4, -0.2) is 17.8 Å². The molecule has 0 aliphatic heterocycles. The molecule has 0 radical (unpaired) electrons. The Bertz CT molecular complexity index is 393. The smallest absolute Gasteiger partial charge is 0.396 e. The maximum atomic E-state index is 12.6. The van der Waals surface area contributed by atoms with E-state index >= 15 is 0 Å². The number of aliphatic hydroxyl groups is 1. The van der Waals surface area contributed by atoms with Crippen LogP contribution in [0.4, 0.5) is 13.2 Å². The number of halogens is 3. The van der Waals surface area contributed by atoms with Crippen LogP contribution in [-0.2, 0) is 6.18 Å². The van der Waals surface area contributed by atoms with E-state index in [0.717, 1.165) is 12.5 Å². The predicted octanol–water partition coefficient (Wildman–Crippen LogP) is 3.52. The molecule has 108 valence electrons. The van der Waals surface area contributed by atoms with E-state index in [1.54, 1.807) is 6.07 Å². The zero-order valence-corrected chi connectivity index (χ0v) is 11.2. The van der Waals surface area contributed by atoms with Crippen LogP contribution in [0.15, 0.2) is 24.3 Å². The standard InChI is InChI=1S/C14H20F3NO/c1-3-13(7-8-19)18-10(2)11-5-4-6-12(9-11)14(15,16)17/h4-6,9-10,13,18-19H,3,7-8H2,1-2H3. The minimum Gasteiger partial charge on any atom is -0.396 e. The third-order valence-electron chi connectivity index (χ3n) is 3.17. The Balaban J connectivity index is 2.79. The van der Waals surface area contributed by atoms with E-state index in [4.69, 9.17) is 5.11 Å². The van der Waals surface area contributed by atoms with Crippen molar-refractivity contribution in [2.24, 2.45) is 0 Å². The summed E-state index contributed by atoms with van der Waals surface area (Å²) in [4.78, 5) is 0. The third kappa shape index (κ3) is 4.84. The van der Waals surface area contributed by atoms with Gasteiger partial charge < -0.3 is 10.4 Å². The van der Waals surface area contributed by atoms with E-state index in [2.05, 4.69) is 5.32 Å². The van der Waals surface area contributed by atoms with Gasteiger partial charge in [0.05, 0.1) is 5.56 Å². The summed E-state index contributed by atoms with van der Waals surface area (Å²) in [5, 5.41) is 12.1. The molecule has 0 spiro atoms. The first kappa shape index (κ1) is 16.0. The molecule has 1 rings (SSSR count). The van der Waals surface area contributed by atoms with Gasteiger partial charge in [-0.3, -0.25) is 0 Å². The van der Waals surface area contributed by atoms with Crippen LogP contribution in [0, 0.1) is 0 Å². The number of nitrogens with one attached hydrogen (secondary N) is 1. The molecule has 2 unspecified atom stereocenters. The summed E-state index contributed by atoms with van der Waals surface area (Å²) in [6.45, 7) is 3.88. The summed E-state index contributed by atoms with van der Waals surface area (Å²) in [5.74, 6) is 0. The molecule has 0 fully saturated rings. The summed E-state index contributed by atoms with van der Waals surface area (Å²) in [7, 11) is 0. The number of alkyl halides is 3. The molecule has 0 heterocycles. The lowest BCUT2D eigenvalue weighted by Gasteiger charge is -2.22. The highest BCUT2D eigenvalue weighted by atomic mass is 19.4. The average Bonchev–Trinajstić information content (AvgIpc) is 2.37. The molecular formula is C14H20F3NO. The molecule has 2 atom stereocenters. The van der Waals surface area contributed by atoms with Gasteiger partial charge >= 0.3 is 6.18 Å². The Morgan fingerprint density at radius 3 is 2.53 bits per heavy atom. The molecule has 0 aliphatic carbocycles. The van der Waals surface area contributed by atoms with E-state index < -0.39 is 11.7 Å². The fourth-order valence-electron chi connectivity index (χ4n) is 2.00. The highest BCUT2D eigenvalue weighted by Gasteiger charge is 2.30. The lowest BCUT2D eigenvalue weighted by Crippen LogP contribution is -2.31. The maximum absolute atomic E-state index is 12.6. The van der Waals surface area contributed by atoms with E-state index in [0.29, 0.717) is 12.0 Å². The molecule has 0 bridgehead atoms. The Hall–Kier alpha value is -1.07. The van der Waals surface area contributed by atoms with E-state index in [9.17, 15) is 13.2 Å². The van der Waals surface area contributed by atoms with Crippen molar-refractivity contribution in [3.05, 3.63) is 35.4 Å². The molecule has 2 N–H and O–H groups in total. The normalized spacial score (nSPS) is 15.3. The second-order valence-corrected chi connectivity index (χ2v) is 4.63. The van der Waals surface area contributed by atoms with Crippen molar-refractivity contribution in [2.75, 3.05) is 6.61 Å². The van der Waals surface area contributed by atoms with Crippen LogP contribution in [0.25, 0.3) is 0 Å². The summed E-state index contributed by atoms with van der Waals surface area (Å²) >= 11 is 0. The Morgan fingerprint density at radius 2 is 2.00 bits per heavy atom. The van der Waals surface area contributed by atoms with Crippen molar-refractivity contribution < 1.29 is 18.3 Å². The van der Waals surface area contributed by atoms with Crippen molar-refractivity contribution in [3.8, 4) is 0 Å². The lowest BCUT2D eigenvalue weighted by molar-refractivity contribution is -0.137. The molecule has 0 aliphatic rings. The second kappa shape index (κ2) is 6.91. The van der Waals surface area contributed by atoms with E-state index in [-0.39, 0.29) is 18.7 Å². The van der Waals surface area contributed by atoms with Crippen LogP contribution in [0.2, 0.25) is 0 Å². The van der Waals surface area contributed by atoms with Gasteiger partial charge in [-0.25, -0.2) is 0 Å². The molecule has 0 aromatic heterocycles. The molecule has 2 nitrogen and oxygen atoms in total. The fraction of sp³-hybridized carbons (Fsp3) is 0.571. The van der Waals surface area contributed by atoms with Gasteiger partial charge in [0.15, 0.2) is 0 Å².